The van der Waals surface area contributed by atoms with Gasteiger partial charge >= 0.3 is 5.97 Å². The summed E-state index contributed by atoms with van der Waals surface area (Å²) in [6.45, 7) is 9.75. The van der Waals surface area contributed by atoms with Crippen LogP contribution >= 0.6 is 0 Å². The fourth-order valence-corrected chi connectivity index (χ4v) is 2.06. The molecule has 0 saturated heterocycles. The van der Waals surface area contributed by atoms with Gasteiger partial charge in [0.25, 0.3) is 0 Å². The standard InChI is InChI=1S/C12H23NO2/c1-9(2)7-13(8-11(14)15)10(3)12(4)5-6-12/h9-10H,5-8H2,1-4H3,(H,14,15). The Kier molecular flexibility index (Phi) is 3.77. The highest BCUT2D eigenvalue weighted by Gasteiger charge is 2.45. The van der Waals surface area contributed by atoms with Crippen LogP contribution in [0.3, 0.4) is 0 Å². The van der Waals surface area contributed by atoms with Crippen molar-refractivity contribution < 1.29 is 9.90 Å². The molecule has 1 atom stereocenters. The number of nitrogens with zero attached hydrogens (tertiary/aromatic N) is 1. The van der Waals surface area contributed by atoms with Crippen molar-refractivity contribution in [3.63, 3.8) is 0 Å². The maximum atomic E-state index is 10.8. The first-order chi connectivity index (χ1) is 6.85. The van der Waals surface area contributed by atoms with Crippen molar-refractivity contribution in [2.24, 2.45) is 11.3 Å². The molecule has 1 fully saturated rings. The number of hydrogen-bond donors (Lipinski definition) is 1. The Morgan fingerprint density at radius 3 is 2.27 bits per heavy atom. The summed E-state index contributed by atoms with van der Waals surface area (Å²) in [5.41, 5.74) is 0.365. The predicted molar refractivity (Wildman–Crippen MR) is 60.8 cm³/mol. The van der Waals surface area contributed by atoms with Crippen LogP contribution in [0.15, 0.2) is 0 Å². The normalized spacial score (nSPS) is 20.7. The quantitative estimate of drug-likeness (QED) is 0.735. The minimum atomic E-state index is -0.716. The van der Waals surface area contributed by atoms with Crippen LogP contribution in [0.1, 0.15) is 40.5 Å². The molecule has 1 N–H and O–H groups in total. The van der Waals surface area contributed by atoms with Gasteiger partial charge < -0.3 is 5.11 Å². The number of hydrogen-bond acceptors (Lipinski definition) is 2. The van der Waals surface area contributed by atoms with Gasteiger partial charge in [-0.25, -0.2) is 0 Å². The molecular weight excluding hydrogens is 190 g/mol. The SMILES string of the molecule is CC(C)CN(CC(=O)O)C(C)C1(C)CC1. The first-order valence-electron chi connectivity index (χ1n) is 5.81. The van der Waals surface area contributed by atoms with E-state index in [1.54, 1.807) is 0 Å². The molecule has 0 spiro atoms. The van der Waals surface area contributed by atoms with E-state index in [2.05, 4.69) is 32.6 Å². The zero-order valence-electron chi connectivity index (χ0n) is 10.3. The van der Waals surface area contributed by atoms with Crippen LogP contribution in [0, 0.1) is 11.3 Å². The van der Waals surface area contributed by atoms with Crippen LogP contribution in [0.2, 0.25) is 0 Å². The van der Waals surface area contributed by atoms with Crippen molar-refractivity contribution in [2.75, 3.05) is 13.1 Å². The highest BCUT2D eigenvalue weighted by molar-refractivity contribution is 5.69. The van der Waals surface area contributed by atoms with Crippen molar-refractivity contribution in [2.45, 2.75) is 46.6 Å². The van der Waals surface area contributed by atoms with Gasteiger partial charge in [0.1, 0.15) is 0 Å². The minimum Gasteiger partial charge on any atom is -0.480 e. The van der Waals surface area contributed by atoms with E-state index in [0.717, 1.165) is 6.54 Å². The van der Waals surface area contributed by atoms with E-state index >= 15 is 0 Å². The molecule has 0 aromatic rings. The molecule has 15 heavy (non-hydrogen) atoms. The van der Waals surface area contributed by atoms with E-state index in [0.29, 0.717) is 17.4 Å². The van der Waals surface area contributed by atoms with Crippen molar-refractivity contribution in [3.05, 3.63) is 0 Å². The Balaban J connectivity index is 2.58. The smallest absolute Gasteiger partial charge is 0.317 e. The Morgan fingerprint density at radius 2 is 1.93 bits per heavy atom. The van der Waals surface area contributed by atoms with E-state index < -0.39 is 5.97 Å². The molecule has 1 aliphatic carbocycles. The Labute approximate surface area is 92.5 Å². The summed E-state index contributed by atoms with van der Waals surface area (Å²) in [7, 11) is 0. The fraction of sp³-hybridized carbons (Fsp3) is 0.917. The molecule has 88 valence electrons. The van der Waals surface area contributed by atoms with Crippen LogP contribution in [-0.4, -0.2) is 35.1 Å². The molecular formula is C12H23NO2. The van der Waals surface area contributed by atoms with Crippen LogP contribution in [-0.2, 0) is 4.79 Å². The van der Waals surface area contributed by atoms with E-state index in [9.17, 15) is 4.79 Å². The van der Waals surface area contributed by atoms with Gasteiger partial charge in [-0.3, -0.25) is 9.69 Å². The monoisotopic (exact) mass is 213 g/mol. The van der Waals surface area contributed by atoms with E-state index in [4.69, 9.17) is 5.11 Å². The molecule has 0 radical (unpaired) electrons. The molecule has 3 heteroatoms. The van der Waals surface area contributed by atoms with Crippen LogP contribution in [0.5, 0.6) is 0 Å². The summed E-state index contributed by atoms with van der Waals surface area (Å²) in [6.07, 6.45) is 2.48. The molecule has 1 unspecified atom stereocenters. The minimum absolute atomic E-state index is 0.176. The summed E-state index contributed by atoms with van der Waals surface area (Å²) in [6, 6.07) is 0.385. The number of carbonyl (C=O) groups is 1. The molecule has 0 bridgehead atoms. The van der Waals surface area contributed by atoms with Gasteiger partial charge in [-0.2, -0.15) is 0 Å². The maximum Gasteiger partial charge on any atom is 0.317 e. The van der Waals surface area contributed by atoms with Gasteiger partial charge in [-0.15, -0.1) is 0 Å². The zero-order valence-corrected chi connectivity index (χ0v) is 10.3. The maximum absolute atomic E-state index is 10.8. The second kappa shape index (κ2) is 4.52. The molecule has 0 aromatic heterocycles. The third kappa shape index (κ3) is 3.49. The highest BCUT2D eigenvalue weighted by Crippen LogP contribution is 2.49. The lowest BCUT2D eigenvalue weighted by Crippen LogP contribution is -2.43. The number of rotatable bonds is 6. The fourth-order valence-electron chi connectivity index (χ4n) is 2.06. The molecule has 0 aliphatic heterocycles. The molecule has 1 aliphatic rings. The summed E-state index contributed by atoms with van der Waals surface area (Å²) in [5.74, 6) is -0.194. The third-order valence-corrected chi connectivity index (χ3v) is 3.53. The lowest BCUT2D eigenvalue weighted by Gasteiger charge is -2.33. The van der Waals surface area contributed by atoms with Gasteiger partial charge in [-0.1, -0.05) is 20.8 Å². The molecule has 1 saturated carbocycles. The van der Waals surface area contributed by atoms with Crippen LogP contribution in [0.25, 0.3) is 0 Å². The van der Waals surface area contributed by atoms with Crippen molar-refractivity contribution in [3.8, 4) is 0 Å². The van der Waals surface area contributed by atoms with Crippen LogP contribution in [0.4, 0.5) is 0 Å². The number of carboxylic acids is 1. The molecule has 0 amide bonds. The highest BCUT2D eigenvalue weighted by atomic mass is 16.4. The topological polar surface area (TPSA) is 40.5 Å². The second-order valence-corrected chi connectivity index (χ2v) is 5.55. The zero-order chi connectivity index (χ0) is 11.6. The predicted octanol–water partition coefficient (Wildman–Crippen LogP) is 2.22. The van der Waals surface area contributed by atoms with Gasteiger partial charge in [0.05, 0.1) is 6.54 Å². The second-order valence-electron chi connectivity index (χ2n) is 5.55. The summed E-state index contributed by atoms with van der Waals surface area (Å²) in [4.78, 5) is 12.9. The summed E-state index contributed by atoms with van der Waals surface area (Å²) < 4.78 is 0. The van der Waals surface area contributed by atoms with Gasteiger partial charge in [0.15, 0.2) is 0 Å². The van der Waals surface area contributed by atoms with Gasteiger partial charge in [0, 0.05) is 12.6 Å². The average Bonchev–Trinajstić information content (AvgIpc) is 2.81. The molecule has 3 nitrogen and oxygen atoms in total. The third-order valence-electron chi connectivity index (χ3n) is 3.53. The first kappa shape index (κ1) is 12.5. The van der Waals surface area contributed by atoms with Crippen LogP contribution < -0.4 is 0 Å². The van der Waals surface area contributed by atoms with Gasteiger partial charge in [-0.05, 0) is 31.1 Å². The Bertz CT molecular complexity index is 234. The Morgan fingerprint density at radius 1 is 1.40 bits per heavy atom. The van der Waals surface area contributed by atoms with E-state index in [1.807, 2.05) is 0 Å². The van der Waals surface area contributed by atoms with Gasteiger partial charge in [0.2, 0.25) is 0 Å². The molecule has 1 rings (SSSR count). The molecule has 0 heterocycles. The summed E-state index contributed by atoms with van der Waals surface area (Å²) >= 11 is 0. The van der Waals surface area contributed by atoms with Crippen molar-refractivity contribution >= 4 is 5.97 Å². The summed E-state index contributed by atoms with van der Waals surface area (Å²) in [5, 5.41) is 8.89. The first-order valence-corrected chi connectivity index (χ1v) is 5.81. The average molecular weight is 213 g/mol. The lowest BCUT2D eigenvalue weighted by molar-refractivity contribution is -0.139. The van der Waals surface area contributed by atoms with E-state index in [-0.39, 0.29) is 6.54 Å². The van der Waals surface area contributed by atoms with Crippen molar-refractivity contribution in [1.82, 2.24) is 4.90 Å². The van der Waals surface area contributed by atoms with E-state index in [1.165, 1.54) is 12.8 Å². The number of carboxylic acid groups (broad SMARTS) is 1. The lowest BCUT2D eigenvalue weighted by atomic mass is 9.98. The Hall–Kier alpha value is -0.570. The number of aliphatic carboxylic acids is 1. The molecule has 0 aromatic carbocycles. The largest absolute Gasteiger partial charge is 0.480 e. The van der Waals surface area contributed by atoms with Crippen molar-refractivity contribution in [1.29, 1.82) is 0 Å².